The van der Waals surface area contributed by atoms with E-state index in [-0.39, 0.29) is 10.6 Å². The Morgan fingerprint density at radius 2 is 1.88 bits per heavy atom. The molecule has 0 aliphatic heterocycles. The van der Waals surface area contributed by atoms with E-state index < -0.39 is 10.1 Å². The number of nitro benzene ring substituents is 1. The summed E-state index contributed by atoms with van der Waals surface area (Å²) < 4.78 is 33.3. The average Bonchev–Trinajstić information content (AvgIpc) is 3.09. The molecule has 0 spiro atoms. The van der Waals surface area contributed by atoms with Crippen molar-refractivity contribution in [3.8, 4) is 0 Å². The predicted molar refractivity (Wildman–Crippen MR) is 89.8 cm³/mol. The second kappa shape index (κ2) is 7.45. The van der Waals surface area contributed by atoms with Gasteiger partial charge in [-0.2, -0.15) is 0 Å². The maximum atomic E-state index is 11.0. The molecule has 0 radical (unpaired) electrons. The zero-order valence-corrected chi connectivity index (χ0v) is 14.6. The van der Waals surface area contributed by atoms with Gasteiger partial charge in [-0.05, 0) is 12.1 Å². The minimum absolute atomic E-state index is 0.161. The summed E-state index contributed by atoms with van der Waals surface area (Å²) in [7, 11) is -1.94. The number of aromatic nitrogens is 3. The van der Waals surface area contributed by atoms with Crippen molar-refractivity contribution in [3.63, 3.8) is 0 Å². The van der Waals surface area contributed by atoms with Crippen LogP contribution in [0, 0.1) is 10.1 Å². The monoisotopic (exact) mass is 366 g/mol. The van der Waals surface area contributed by atoms with Gasteiger partial charge in [-0.25, -0.2) is 17.6 Å². The molecule has 1 aromatic carbocycles. The molecular weight excluding hydrogens is 348 g/mol. The summed E-state index contributed by atoms with van der Waals surface area (Å²) in [6.45, 7) is 1.60. The van der Waals surface area contributed by atoms with Crippen molar-refractivity contribution in [2.45, 2.75) is 13.1 Å². The molecular formula is C15H18N4O5S. The Labute approximate surface area is 144 Å². The molecule has 0 atom stereocenters. The Hall–Kier alpha value is -2.72. The Morgan fingerprint density at radius 1 is 1.20 bits per heavy atom. The van der Waals surface area contributed by atoms with E-state index in [1.54, 1.807) is 12.1 Å². The normalized spacial score (nSPS) is 11.2. The van der Waals surface area contributed by atoms with E-state index in [0.29, 0.717) is 11.6 Å². The molecule has 0 bridgehead atoms. The van der Waals surface area contributed by atoms with Crippen LogP contribution in [-0.4, -0.2) is 33.3 Å². The van der Waals surface area contributed by atoms with Crippen LogP contribution < -0.4 is 4.57 Å². The van der Waals surface area contributed by atoms with Gasteiger partial charge in [0.05, 0.1) is 39.5 Å². The van der Waals surface area contributed by atoms with E-state index >= 15 is 0 Å². The molecule has 3 aromatic rings. The number of nitrogens with zero attached hydrogens (tertiary/aromatic N) is 4. The van der Waals surface area contributed by atoms with Crippen LogP contribution in [0.2, 0.25) is 0 Å². The minimum Gasteiger partial charge on any atom is -0.748 e. The van der Waals surface area contributed by atoms with Gasteiger partial charge in [-0.15, -0.1) is 0 Å². The molecule has 3 rings (SSSR count). The topological polar surface area (TPSA) is 114 Å². The number of non-ortho nitro benzene ring substituents is 1. The molecule has 0 fully saturated rings. The molecule has 0 N–H and O–H groups in total. The van der Waals surface area contributed by atoms with Crippen molar-refractivity contribution < 1.29 is 22.5 Å². The number of nitro groups is 1. The number of imidazole rings is 1. The molecule has 0 saturated heterocycles. The van der Waals surface area contributed by atoms with Crippen LogP contribution in [0.25, 0.3) is 10.9 Å². The third-order valence-corrected chi connectivity index (χ3v) is 3.41. The Balaban J connectivity index is 0.000000399. The van der Waals surface area contributed by atoms with E-state index in [9.17, 15) is 10.1 Å². The Morgan fingerprint density at radius 3 is 2.44 bits per heavy atom. The first-order chi connectivity index (χ1) is 11.6. The van der Waals surface area contributed by atoms with Gasteiger partial charge in [0.15, 0.2) is 0 Å². The third kappa shape index (κ3) is 5.40. The molecule has 9 nitrogen and oxygen atoms in total. The summed E-state index contributed by atoms with van der Waals surface area (Å²) in [5.41, 5.74) is 1.06. The first-order valence-electron chi connectivity index (χ1n) is 7.29. The van der Waals surface area contributed by atoms with Crippen LogP contribution in [0.15, 0.2) is 49.2 Å². The van der Waals surface area contributed by atoms with Gasteiger partial charge >= 0.3 is 0 Å². The van der Waals surface area contributed by atoms with Crippen molar-refractivity contribution in [3.05, 3.63) is 59.3 Å². The molecule has 0 aliphatic carbocycles. The summed E-state index contributed by atoms with van der Waals surface area (Å²) in [6, 6.07) is 6.99. The van der Waals surface area contributed by atoms with E-state index in [0.717, 1.165) is 18.6 Å². The van der Waals surface area contributed by atoms with Crippen molar-refractivity contribution >= 4 is 26.7 Å². The van der Waals surface area contributed by atoms with Crippen molar-refractivity contribution in [2.75, 3.05) is 6.26 Å². The first kappa shape index (κ1) is 18.6. The van der Waals surface area contributed by atoms with Gasteiger partial charge < -0.3 is 9.12 Å². The predicted octanol–water partition coefficient (Wildman–Crippen LogP) is 1.04. The lowest BCUT2D eigenvalue weighted by atomic mass is 10.2. The molecule has 2 heterocycles. The standard InChI is InChI=1S/C14H15N4O2.CH4O3S/c1-15-7-8-16(11-15)9-10-17-6-5-12-13(17)3-2-4-14(12)18(19)20;1-5(2,3)4/h2-8,11H,9-10H2,1H3;1H3,(H,2,3,4)/q+1;/p-1. The van der Waals surface area contributed by atoms with Gasteiger partial charge in [0.25, 0.3) is 5.69 Å². The zero-order chi connectivity index (χ0) is 18.6. The van der Waals surface area contributed by atoms with Gasteiger partial charge in [0, 0.05) is 18.5 Å². The van der Waals surface area contributed by atoms with Crippen LogP contribution >= 0.6 is 0 Å². The first-order valence-corrected chi connectivity index (χ1v) is 9.11. The number of rotatable bonds is 4. The zero-order valence-electron chi connectivity index (χ0n) is 13.8. The minimum atomic E-state index is -3.92. The third-order valence-electron chi connectivity index (χ3n) is 3.41. The highest BCUT2D eigenvalue weighted by Gasteiger charge is 2.13. The maximum Gasteiger partial charge on any atom is 0.278 e. The second-order valence-corrected chi connectivity index (χ2v) is 6.91. The largest absolute Gasteiger partial charge is 0.748 e. The fourth-order valence-electron chi connectivity index (χ4n) is 2.42. The van der Waals surface area contributed by atoms with Gasteiger partial charge in [0.2, 0.25) is 6.33 Å². The lowest BCUT2D eigenvalue weighted by Gasteiger charge is -2.03. The number of aryl methyl sites for hydroxylation is 3. The molecule has 2 aromatic heterocycles. The van der Waals surface area contributed by atoms with Gasteiger partial charge in [-0.3, -0.25) is 10.1 Å². The lowest BCUT2D eigenvalue weighted by molar-refractivity contribution is -0.671. The van der Waals surface area contributed by atoms with Crippen molar-refractivity contribution in [1.29, 1.82) is 0 Å². The van der Waals surface area contributed by atoms with Gasteiger partial charge in [-0.1, -0.05) is 6.07 Å². The molecule has 134 valence electrons. The summed E-state index contributed by atoms with van der Waals surface area (Å²) in [4.78, 5) is 10.7. The number of hydrogen-bond donors (Lipinski definition) is 0. The van der Waals surface area contributed by atoms with Crippen LogP contribution in [0.5, 0.6) is 0 Å². The highest BCUT2D eigenvalue weighted by molar-refractivity contribution is 7.84. The summed E-state index contributed by atoms with van der Waals surface area (Å²) in [6.07, 6.45) is 8.51. The second-order valence-electron chi connectivity index (χ2n) is 5.50. The van der Waals surface area contributed by atoms with Crippen LogP contribution in [0.1, 0.15) is 0 Å². The molecule has 0 saturated carbocycles. The van der Waals surface area contributed by atoms with Crippen molar-refractivity contribution in [1.82, 2.24) is 9.13 Å². The molecule has 0 amide bonds. The molecule has 25 heavy (non-hydrogen) atoms. The van der Waals surface area contributed by atoms with E-state index in [1.807, 2.05) is 53.2 Å². The van der Waals surface area contributed by atoms with Crippen LogP contribution in [-0.2, 0) is 30.3 Å². The van der Waals surface area contributed by atoms with Crippen LogP contribution in [0.4, 0.5) is 5.69 Å². The molecule has 10 heteroatoms. The van der Waals surface area contributed by atoms with E-state index in [4.69, 9.17) is 13.0 Å². The highest BCUT2D eigenvalue weighted by Crippen LogP contribution is 2.26. The number of fused-ring (bicyclic) bond motifs is 1. The number of hydrogen-bond acceptors (Lipinski definition) is 5. The fourth-order valence-corrected chi connectivity index (χ4v) is 2.42. The summed E-state index contributed by atoms with van der Waals surface area (Å²) >= 11 is 0. The maximum absolute atomic E-state index is 11.0. The van der Waals surface area contributed by atoms with Gasteiger partial charge in [0.1, 0.15) is 18.9 Å². The highest BCUT2D eigenvalue weighted by atomic mass is 32.2. The summed E-state index contributed by atoms with van der Waals surface area (Å²) in [5, 5.41) is 11.7. The molecule has 0 aliphatic rings. The SMILES string of the molecule is CS(=O)(=O)[O-].C[n+]1ccn(CCn2ccc3c([N+](=O)[O-])cccc32)c1. The average molecular weight is 366 g/mol. The Bertz CT molecular complexity index is 982. The quantitative estimate of drug-likeness (QED) is 0.296. The fraction of sp³-hybridized carbons (Fsp3) is 0.267. The Kier molecular flexibility index (Phi) is 5.55. The van der Waals surface area contributed by atoms with Crippen molar-refractivity contribution in [2.24, 2.45) is 7.05 Å². The van der Waals surface area contributed by atoms with E-state index in [1.165, 1.54) is 0 Å². The summed E-state index contributed by atoms with van der Waals surface area (Å²) in [5.74, 6) is 0. The molecule has 0 unspecified atom stereocenters. The van der Waals surface area contributed by atoms with E-state index in [2.05, 4.69) is 4.57 Å². The lowest BCUT2D eigenvalue weighted by Crippen LogP contribution is -2.24. The smallest absolute Gasteiger partial charge is 0.278 e. The number of benzene rings is 1. The van der Waals surface area contributed by atoms with Crippen LogP contribution in [0.3, 0.4) is 0 Å².